The summed E-state index contributed by atoms with van der Waals surface area (Å²) in [5.41, 5.74) is 2.10. The molecule has 1 aromatic carbocycles. The van der Waals surface area contributed by atoms with E-state index in [4.69, 9.17) is 4.99 Å². The van der Waals surface area contributed by atoms with Crippen LogP contribution in [-0.2, 0) is 13.6 Å². The molecule has 1 aromatic heterocycles. The Kier molecular flexibility index (Phi) is 8.72. The molecule has 176 valence electrons. The molecule has 32 heavy (non-hydrogen) atoms. The van der Waals surface area contributed by atoms with Crippen molar-refractivity contribution in [2.45, 2.75) is 71.0 Å². The molecule has 1 saturated carbocycles. The van der Waals surface area contributed by atoms with Gasteiger partial charge in [0, 0.05) is 37.9 Å². The number of hydrogen-bond acceptors (Lipinski definition) is 4. The fourth-order valence-electron chi connectivity index (χ4n) is 4.62. The molecule has 1 saturated heterocycles. The van der Waals surface area contributed by atoms with E-state index in [0.717, 1.165) is 54.8 Å². The van der Waals surface area contributed by atoms with E-state index in [1.165, 1.54) is 25.7 Å². The molecule has 4 rings (SSSR count). The Morgan fingerprint density at radius 3 is 2.50 bits per heavy atom. The molecule has 2 fully saturated rings. The fourth-order valence-corrected chi connectivity index (χ4v) is 4.62. The van der Waals surface area contributed by atoms with Gasteiger partial charge in [0.1, 0.15) is 18.2 Å². The highest BCUT2D eigenvalue weighted by molar-refractivity contribution is 14.0. The number of benzene rings is 1. The minimum atomic E-state index is -0.179. The summed E-state index contributed by atoms with van der Waals surface area (Å²) in [6, 6.07) is 5.83. The van der Waals surface area contributed by atoms with Crippen LogP contribution in [0, 0.1) is 19.7 Å². The molecule has 2 heterocycles. The SMILES string of the molecule is Cc1cc(F)ccc1N1CCCC(NC(=NCc2nnc(C)n2C)NC2CCCC2)C1.I. The van der Waals surface area contributed by atoms with E-state index in [2.05, 4.69) is 25.7 Å². The van der Waals surface area contributed by atoms with Gasteiger partial charge in [0.15, 0.2) is 11.8 Å². The van der Waals surface area contributed by atoms with Gasteiger partial charge in [-0.3, -0.25) is 0 Å². The van der Waals surface area contributed by atoms with Crippen molar-refractivity contribution in [3.8, 4) is 0 Å². The van der Waals surface area contributed by atoms with Crippen LogP contribution in [0.2, 0.25) is 0 Å². The maximum Gasteiger partial charge on any atom is 0.192 e. The number of nitrogens with zero attached hydrogens (tertiary/aromatic N) is 5. The number of hydrogen-bond donors (Lipinski definition) is 2. The topological polar surface area (TPSA) is 70.4 Å². The quantitative estimate of drug-likeness (QED) is 0.334. The van der Waals surface area contributed by atoms with E-state index >= 15 is 0 Å². The van der Waals surface area contributed by atoms with Crippen LogP contribution in [0.15, 0.2) is 23.2 Å². The van der Waals surface area contributed by atoms with Gasteiger partial charge in [0.25, 0.3) is 0 Å². The molecule has 9 heteroatoms. The average molecular weight is 555 g/mol. The highest BCUT2D eigenvalue weighted by Crippen LogP contribution is 2.24. The van der Waals surface area contributed by atoms with Crippen LogP contribution < -0.4 is 15.5 Å². The second-order valence-electron chi connectivity index (χ2n) is 8.87. The maximum absolute atomic E-state index is 13.5. The first-order chi connectivity index (χ1) is 15.0. The highest BCUT2D eigenvalue weighted by atomic mass is 127. The summed E-state index contributed by atoms with van der Waals surface area (Å²) in [6.07, 6.45) is 7.10. The summed E-state index contributed by atoms with van der Waals surface area (Å²) in [5, 5.41) is 15.7. The van der Waals surface area contributed by atoms with E-state index in [0.29, 0.717) is 12.6 Å². The number of guanidine groups is 1. The zero-order chi connectivity index (χ0) is 21.8. The summed E-state index contributed by atoms with van der Waals surface area (Å²) < 4.78 is 15.5. The van der Waals surface area contributed by atoms with Gasteiger partial charge in [-0.15, -0.1) is 34.2 Å². The minimum Gasteiger partial charge on any atom is -0.369 e. The highest BCUT2D eigenvalue weighted by Gasteiger charge is 2.24. The molecular formula is C23H35FIN7. The van der Waals surface area contributed by atoms with Gasteiger partial charge in [-0.25, -0.2) is 9.38 Å². The lowest BCUT2D eigenvalue weighted by molar-refractivity contribution is 0.462. The third-order valence-corrected chi connectivity index (χ3v) is 6.52. The Morgan fingerprint density at radius 1 is 1.09 bits per heavy atom. The van der Waals surface area contributed by atoms with Crippen LogP contribution in [0.4, 0.5) is 10.1 Å². The van der Waals surface area contributed by atoms with E-state index in [9.17, 15) is 4.39 Å². The molecular weight excluding hydrogens is 520 g/mol. The van der Waals surface area contributed by atoms with Crippen molar-refractivity contribution in [3.05, 3.63) is 41.2 Å². The maximum atomic E-state index is 13.5. The summed E-state index contributed by atoms with van der Waals surface area (Å²) in [5.74, 6) is 2.43. The minimum absolute atomic E-state index is 0. The Labute approximate surface area is 207 Å². The van der Waals surface area contributed by atoms with Gasteiger partial charge in [-0.2, -0.15) is 0 Å². The lowest BCUT2D eigenvalue weighted by Crippen LogP contribution is -2.53. The molecule has 2 aliphatic rings. The predicted molar refractivity (Wildman–Crippen MR) is 137 cm³/mol. The first-order valence-electron chi connectivity index (χ1n) is 11.4. The lowest BCUT2D eigenvalue weighted by atomic mass is 10.0. The van der Waals surface area contributed by atoms with E-state index in [-0.39, 0.29) is 35.8 Å². The van der Waals surface area contributed by atoms with E-state index in [1.807, 2.05) is 31.5 Å². The number of rotatable bonds is 5. The number of anilines is 1. The second-order valence-corrected chi connectivity index (χ2v) is 8.87. The molecule has 1 aliphatic carbocycles. The molecule has 1 atom stereocenters. The van der Waals surface area contributed by atoms with Crippen LogP contribution in [0.25, 0.3) is 0 Å². The van der Waals surface area contributed by atoms with Crippen molar-refractivity contribution < 1.29 is 4.39 Å². The molecule has 0 amide bonds. The van der Waals surface area contributed by atoms with Crippen LogP contribution in [0.3, 0.4) is 0 Å². The summed E-state index contributed by atoms with van der Waals surface area (Å²) >= 11 is 0. The monoisotopic (exact) mass is 555 g/mol. The molecule has 1 unspecified atom stereocenters. The van der Waals surface area contributed by atoms with Crippen molar-refractivity contribution in [2.75, 3.05) is 18.0 Å². The van der Waals surface area contributed by atoms with E-state index in [1.54, 1.807) is 12.1 Å². The molecule has 2 N–H and O–H groups in total. The van der Waals surface area contributed by atoms with Crippen molar-refractivity contribution in [1.82, 2.24) is 25.4 Å². The van der Waals surface area contributed by atoms with Crippen molar-refractivity contribution in [2.24, 2.45) is 12.0 Å². The molecule has 0 spiro atoms. The summed E-state index contributed by atoms with van der Waals surface area (Å²) in [4.78, 5) is 7.21. The van der Waals surface area contributed by atoms with Gasteiger partial charge in [0.05, 0.1) is 0 Å². The number of aliphatic imine (C=N–C) groups is 1. The smallest absolute Gasteiger partial charge is 0.192 e. The standard InChI is InChI=1S/C23H34FN7.HI/c1-16-13-18(24)10-11-21(16)31-12-6-9-20(15-31)27-23(26-19-7-4-5-8-19)25-14-22-29-28-17(2)30(22)3;/h10-11,13,19-20H,4-9,12,14-15H2,1-3H3,(H2,25,26,27);1H. The molecule has 7 nitrogen and oxygen atoms in total. The largest absolute Gasteiger partial charge is 0.369 e. The Bertz CT molecular complexity index is 923. The number of piperidine rings is 1. The Balaban J connectivity index is 0.00000289. The van der Waals surface area contributed by atoms with Crippen LogP contribution >= 0.6 is 24.0 Å². The van der Waals surface area contributed by atoms with Crippen LogP contribution in [-0.4, -0.2) is 45.9 Å². The third-order valence-electron chi connectivity index (χ3n) is 6.52. The van der Waals surface area contributed by atoms with Gasteiger partial charge in [0.2, 0.25) is 0 Å². The zero-order valence-corrected chi connectivity index (χ0v) is 21.6. The molecule has 2 aromatic rings. The summed E-state index contributed by atoms with van der Waals surface area (Å²) in [7, 11) is 1.97. The van der Waals surface area contributed by atoms with Crippen LogP contribution in [0.5, 0.6) is 0 Å². The normalized spacial score (nSPS) is 19.7. The van der Waals surface area contributed by atoms with Gasteiger partial charge < -0.3 is 20.1 Å². The first-order valence-corrected chi connectivity index (χ1v) is 11.4. The number of aryl methyl sites for hydroxylation is 2. The van der Waals surface area contributed by atoms with Crippen LogP contribution in [0.1, 0.15) is 55.7 Å². The van der Waals surface area contributed by atoms with Gasteiger partial charge in [-0.1, -0.05) is 12.8 Å². The second kappa shape index (κ2) is 11.3. The van der Waals surface area contributed by atoms with Crippen molar-refractivity contribution in [3.63, 3.8) is 0 Å². The Morgan fingerprint density at radius 2 is 1.81 bits per heavy atom. The molecule has 0 radical (unpaired) electrons. The molecule has 0 bridgehead atoms. The van der Waals surface area contributed by atoms with E-state index < -0.39 is 0 Å². The molecule has 1 aliphatic heterocycles. The van der Waals surface area contributed by atoms with Crippen molar-refractivity contribution >= 4 is 35.6 Å². The number of nitrogens with one attached hydrogen (secondary N) is 2. The zero-order valence-electron chi connectivity index (χ0n) is 19.3. The lowest BCUT2D eigenvalue weighted by Gasteiger charge is -2.36. The summed E-state index contributed by atoms with van der Waals surface area (Å²) in [6.45, 7) is 6.29. The van der Waals surface area contributed by atoms with Crippen molar-refractivity contribution in [1.29, 1.82) is 0 Å². The average Bonchev–Trinajstić information content (AvgIpc) is 3.37. The third kappa shape index (κ3) is 6.11. The fraction of sp³-hybridized carbons (Fsp3) is 0.609. The van der Waals surface area contributed by atoms with Gasteiger partial charge in [-0.05, 0) is 63.3 Å². The predicted octanol–water partition coefficient (Wildman–Crippen LogP) is 3.84. The number of halogens is 2. The first kappa shape index (κ1) is 24.7. The number of aromatic nitrogens is 3. The van der Waals surface area contributed by atoms with Gasteiger partial charge >= 0.3 is 0 Å². The Hall–Kier alpha value is -1.91.